The number of H-pyrrole nitrogens is 1. The molecule has 0 atom stereocenters. The van der Waals surface area contributed by atoms with Crippen molar-refractivity contribution >= 4 is 44.7 Å². The van der Waals surface area contributed by atoms with E-state index in [9.17, 15) is 9.59 Å². The van der Waals surface area contributed by atoms with Crippen molar-refractivity contribution in [2.75, 3.05) is 14.2 Å². The van der Waals surface area contributed by atoms with E-state index < -0.39 is 5.97 Å². The highest BCUT2D eigenvalue weighted by molar-refractivity contribution is 6.11. The van der Waals surface area contributed by atoms with E-state index in [4.69, 9.17) is 24.2 Å². The molecule has 35 heavy (non-hydrogen) atoms. The first kappa shape index (κ1) is 21.4. The second-order valence-corrected chi connectivity index (χ2v) is 8.79. The zero-order valence-electron chi connectivity index (χ0n) is 19.5. The number of rotatable bonds is 4. The lowest BCUT2D eigenvalue weighted by atomic mass is 9.98. The van der Waals surface area contributed by atoms with E-state index in [-0.39, 0.29) is 17.2 Å². The predicted molar refractivity (Wildman–Crippen MR) is 132 cm³/mol. The summed E-state index contributed by atoms with van der Waals surface area (Å²) in [6.45, 7) is 0. The predicted octanol–water partition coefficient (Wildman–Crippen LogP) is 4.38. The summed E-state index contributed by atoms with van der Waals surface area (Å²) in [7, 11) is 3.04. The first-order valence-electron chi connectivity index (χ1n) is 11.7. The molecule has 3 aromatic heterocycles. The van der Waals surface area contributed by atoms with Crippen LogP contribution in [0, 0.1) is 0 Å². The summed E-state index contributed by atoms with van der Waals surface area (Å²) < 4.78 is 18.5. The largest absolute Gasteiger partial charge is 0.493 e. The normalized spacial score (nSPS) is 14.7. The number of esters is 1. The van der Waals surface area contributed by atoms with E-state index in [1.54, 1.807) is 16.5 Å². The molecular weight excluding hydrogens is 448 g/mol. The molecule has 1 aliphatic rings. The lowest BCUT2D eigenvalue weighted by Crippen LogP contribution is -2.21. The van der Waals surface area contributed by atoms with Crippen molar-refractivity contribution in [3.05, 3.63) is 52.3 Å². The molecule has 0 spiro atoms. The van der Waals surface area contributed by atoms with Gasteiger partial charge < -0.3 is 19.2 Å². The first-order chi connectivity index (χ1) is 17.1. The van der Waals surface area contributed by atoms with Gasteiger partial charge in [0, 0.05) is 6.07 Å². The fourth-order valence-corrected chi connectivity index (χ4v) is 4.99. The monoisotopic (exact) mass is 472 g/mol. The van der Waals surface area contributed by atoms with Crippen molar-refractivity contribution in [3.63, 3.8) is 0 Å². The molecule has 1 fully saturated rings. The molecule has 0 radical (unpaired) electrons. The second kappa shape index (κ2) is 8.26. The number of methoxy groups -OCH3 is 2. The minimum Gasteiger partial charge on any atom is -0.493 e. The van der Waals surface area contributed by atoms with Crippen LogP contribution in [0.5, 0.6) is 11.5 Å². The summed E-state index contributed by atoms with van der Waals surface area (Å²) in [6.07, 6.45) is 4.73. The number of aromatic nitrogens is 4. The van der Waals surface area contributed by atoms with Gasteiger partial charge in [0.15, 0.2) is 17.1 Å². The van der Waals surface area contributed by atoms with Gasteiger partial charge in [-0.25, -0.2) is 14.8 Å². The number of hydrogen-bond donors (Lipinski definition) is 1. The van der Waals surface area contributed by atoms with Gasteiger partial charge >= 0.3 is 5.97 Å². The van der Waals surface area contributed by atoms with Crippen LogP contribution in [0.25, 0.3) is 38.7 Å². The Kier molecular flexibility index (Phi) is 5.05. The maximum absolute atomic E-state index is 13.5. The third kappa shape index (κ3) is 3.38. The van der Waals surface area contributed by atoms with Crippen LogP contribution >= 0.6 is 0 Å². The number of aromatic amines is 1. The summed E-state index contributed by atoms with van der Waals surface area (Å²) in [5.41, 5.74) is 2.80. The van der Waals surface area contributed by atoms with Gasteiger partial charge in [-0.15, -0.1) is 0 Å². The van der Waals surface area contributed by atoms with E-state index in [1.165, 1.54) is 14.2 Å². The average molecular weight is 473 g/mol. The lowest BCUT2D eigenvalue weighted by Gasteiger charge is -2.21. The van der Waals surface area contributed by atoms with Crippen LogP contribution in [-0.4, -0.2) is 45.6 Å². The molecule has 9 nitrogen and oxygen atoms in total. The van der Waals surface area contributed by atoms with E-state index in [1.807, 2.05) is 24.3 Å². The van der Waals surface area contributed by atoms with E-state index in [2.05, 4.69) is 4.98 Å². The number of ether oxygens (including phenoxy) is 3. The van der Waals surface area contributed by atoms with Gasteiger partial charge in [0.05, 0.1) is 36.2 Å². The van der Waals surface area contributed by atoms with Gasteiger partial charge in [-0.05, 0) is 43.9 Å². The minimum atomic E-state index is -0.510. The highest BCUT2D eigenvalue weighted by Gasteiger charge is 2.28. The molecule has 178 valence electrons. The van der Waals surface area contributed by atoms with Crippen LogP contribution < -0.4 is 15.0 Å². The Morgan fingerprint density at radius 1 is 1.00 bits per heavy atom. The van der Waals surface area contributed by atoms with Crippen LogP contribution in [0.2, 0.25) is 0 Å². The Morgan fingerprint density at radius 3 is 2.40 bits per heavy atom. The number of hydrogen-bond acceptors (Lipinski definition) is 7. The smallest absolute Gasteiger partial charge is 0.344 e. The van der Waals surface area contributed by atoms with Crippen molar-refractivity contribution in [1.29, 1.82) is 0 Å². The first-order valence-corrected chi connectivity index (χ1v) is 11.7. The number of nitrogens with zero attached hydrogens (tertiary/aromatic N) is 3. The van der Waals surface area contributed by atoms with Gasteiger partial charge in [-0.1, -0.05) is 18.6 Å². The molecule has 3 heterocycles. The van der Waals surface area contributed by atoms with Crippen molar-refractivity contribution in [1.82, 2.24) is 19.4 Å². The zero-order valence-corrected chi connectivity index (χ0v) is 19.5. The minimum absolute atomic E-state index is 0.147. The Labute approximate surface area is 199 Å². The van der Waals surface area contributed by atoms with Crippen LogP contribution in [0.1, 0.15) is 42.5 Å². The highest BCUT2D eigenvalue weighted by Crippen LogP contribution is 2.34. The number of carbonyl (C=O) groups is 1. The zero-order chi connectivity index (χ0) is 24.1. The fraction of sp³-hybridized carbons (Fsp3) is 0.308. The van der Waals surface area contributed by atoms with Gasteiger partial charge in [-0.2, -0.15) is 0 Å². The molecule has 2 aromatic carbocycles. The van der Waals surface area contributed by atoms with E-state index >= 15 is 0 Å². The van der Waals surface area contributed by atoms with Gasteiger partial charge in [0.1, 0.15) is 22.8 Å². The third-order valence-corrected chi connectivity index (χ3v) is 6.71. The van der Waals surface area contributed by atoms with Crippen LogP contribution in [0.4, 0.5) is 0 Å². The molecule has 1 aliphatic carbocycles. The van der Waals surface area contributed by atoms with Gasteiger partial charge in [0.2, 0.25) is 0 Å². The molecule has 0 bridgehead atoms. The molecule has 0 aliphatic heterocycles. The summed E-state index contributed by atoms with van der Waals surface area (Å²) in [6, 6.07) is 10.8. The average Bonchev–Trinajstić information content (AvgIpc) is 3.20. The molecule has 0 amide bonds. The summed E-state index contributed by atoms with van der Waals surface area (Å²) in [4.78, 5) is 39.2. The van der Waals surface area contributed by atoms with Crippen molar-refractivity contribution in [2.24, 2.45) is 0 Å². The molecule has 0 saturated heterocycles. The molecule has 1 N–H and O–H groups in total. The highest BCUT2D eigenvalue weighted by atomic mass is 16.5. The molecule has 0 unspecified atom stereocenters. The Bertz CT molecular complexity index is 1680. The topological polar surface area (TPSA) is 108 Å². The molecule has 5 aromatic rings. The van der Waals surface area contributed by atoms with Crippen LogP contribution in [0.3, 0.4) is 0 Å². The standard InChI is InChI=1S/C26H24N4O5/c1-33-19-12-15-18(13-20(19)34-2)30-23(29-25(15)31)21(26(32)35-14-8-4-3-5-9-14)22-24(30)28-17-11-7-6-10-16(17)27-22/h6-7,10-14H,3-5,8-9H2,1-2H3,(H,29,31). The summed E-state index contributed by atoms with van der Waals surface area (Å²) in [5.74, 6) is 0.369. The van der Waals surface area contributed by atoms with Gasteiger partial charge in [0.25, 0.3) is 5.56 Å². The second-order valence-electron chi connectivity index (χ2n) is 8.79. The van der Waals surface area contributed by atoms with E-state index in [0.29, 0.717) is 50.2 Å². The van der Waals surface area contributed by atoms with Crippen molar-refractivity contribution in [2.45, 2.75) is 38.2 Å². The maximum Gasteiger partial charge on any atom is 0.344 e. The lowest BCUT2D eigenvalue weighted by molar-refractivity contribution is 0.0215. The third-order valence-electron chi connectivity index (χ3n) is 6.71. The SMILES string of the molecule is COc1cc2c(=O)[nH]c3c(C(=O)OC4CCCCC4)c4nc5ccccc5nc4n3c2cc1OC. The number of fused-ring (bicyclic) bond motifs is 6. The number of para-hydroxylation sites is 2. The fourth-order valence-electron chi connectivity index (χ4n) is 4.99. The number of carbonyl (C=O) groups excluding carboxylic acids is 1. The molecule has 9 heteroatoms. The summed E-state index contributed by atoms with van der Waals surface area (Å²) in [5, 5.41) is 0.370. The number of nitrogens with one attached hydrogen (secondary N) is 1. The Morgan fingerprint density at radius 2 is 1.69 bits per heavy atom. The van der Waals surface area contributed by atoms with Crippen molar-refractivity contribution < 1.29 is 19.0 Å². The van der Waals surface area contributed by atoms with Gasteiger partial charge in [-0.3, -0.25) is 9.20 Å². The Balaban J connectivity index is 1.71. The van der Waals surface area contributed by atoms with Crippen LogP contribution in [0.15, 0.2) is 41.2 Å². The molecular formula is C26H24N4O5. The van der Waals surface area contributed by atoms with Crippen LogP contribution in [-0.2, 0) is 4.74 Å². The van der Waals surface area contributed by atoms with E-state index in [0.717, 1.165) is 32.1 Å². The molecule has 1 saturated carbocycles. The molecule has 6 rings (SSSR count). The number of benzene rings is 2. The summed E-state index contributed by atoms with van der Waals surface area (Å²) >= 11 is 0. The maximum atomic E-state index is 13.5. The Hall–Kier alpha value is -4.14. The quantitative estimate of drug-likeness (QED) is 0.387. The van der Waals surface area contributed by atoms with Crippen molar-refractivity contribution in [3.8, 4) is 11.5 Å².